The van der Waals surface area contributed by atoms with E-state index in [0.717, 1.165) is 49.1 Å². The number of nitrogens with one attached hydrogen (secondary N) is 1. The van der Waals surface area contributed by atoms with Crippen molar-refractivity contribution in [1.82, 2.24) is 9.97 Å². The Morgan fingerprint density at radius 3 is 2.17 bits per heavy atom. The average molecular weight is 326 g/mol. The largest absolute Gasteiger partial charge is 0.341 e. The zero-order valence-corrected chi connectivity index (χ0v) is 15.6. The number of benzene rings is 1. The topological polar surface area (TPSA) is 41.1 Å². The number of nitrogens with zero attached hydrogens (tertiary/aromatic N) is 3. The van der Waals surface area contributed by atoms with E-state index in [9.17, 15) is 0 Å². The third-order valence-corrected chi connectivity index (χ3v) is 3.96. The van der Waals surface area contributed by atoms with Gasteiger partial charge in [-0.25, -0.2) is 4.98 Å². The molecule has 0 bridgehead atoms. The van der Waals surface area contributed by atoms with E-state index in [-0.39, 0.29) is 0 Å². The summed E-state index contributed by atoms with van der Waals surface area (Å²) < 4.78 is 0. The van der Waals surface area contributed by atoms with Crippen LogP contribution in [0.2, 0.25) is 0 Å². The minimum absolute atomic E-state index is 0.545. The lowest BCUT2D eigenvalue weighted by atomic mass is 10.0. The Morgan fingerprint density at radius 2 is 1.62 bits per heavy atom. The lowest BCUT2D eigenvalue weighted by Crippen LogP contribution is -2.27. The highest BCUT2D eigenvalue weighted by atomic mass is 15.3. The first-order valence-corrected chi connectivity index (χ1v) is 9.01. The van der Waals surface area contributed by atoms with Crippen molar-refractivity contribution >= 4 is 17.5 Å². The molecule has 2 aromatic rings. The number of aromatic nitrogens is 2. The van der Waals surface area contributed by atoms with Gasteiger partial charge in [-0.3, -0.25) is 0 Å². The zero-order chi connectivity index (χ0) is 17.5. The SMILES string of the molecule is CCCN(CCC)c1nc(C)cc(Nc2ccc(C(C)C)cc2)n1. The van der Waals surface area contributed by atoms with E-state index >= 15 is 0 Å². The molecule has 1 aromatic heterocycles. The van der Waals surface area contributed by atoms with Crippen LogP contribution in [0.1, 0.15) is 57.7 Å². The van der Waals surface area contributed by atoms with Crippen molar-refractivity contribution in [2.75, 3.05) is 23.3 Å². The van der Waals surface area contributed by atoms with Crippen LogP contribution in [0.3, 0.4) is 0 Å². The number of aryl methyl sites for hydroxylation is 1. The van der Waals surface area contributed by atoms with E-state index < -0.39 is 0 Å². The molecule has 0 atom stereocenters. The third kappa shape index (κ3) is 4.95. The van der Waals surface area contributed by atoms with Crippen LogP contribution >= 0.6 is 0 Å². The van der Waals surface area contributed by atoms with Gasteiger partial charge >= 0.3 is 0 Å². The lowest BCUT2D eigenvalue weighted by Gasteiger charge is -2.22. The fourth-order valence-electron chi connectivity index (χ4n) is 2.71. The summed E-state index contributed by atoms with van der Waals surface area (Å²) in [6.07, 6.45) is 2.19. The van der Waals surface area contributed by atoms with Crippen LogP contribution < -0.4 is 10.2 Å². The van der Waals surface area contributed by atoms with Gasteiger partial charge in [-0.1, -0.05) is 39.8 Å². The van der Waals surface area contributed by atoms with Gasteiger partial charge in [0.05, 0.1) is 0 Å². The predicted molar refractivity (Wildman–Crippen MR) is 103 cm³/mol. The number of anilines is 3. The van der Waals surface area contributed by atoms with Crippen molar-refractivity contribution in [2.24, 2.45) is 0 Å². The molecule has 0 radical (unpaired) electrons. The molecule has 0 aliphatic carbocycles. The molecule has 2 rings (SSSR count). The second-order valence-corrected chi connectivity index (χ2v) is 6.58. The highest BCUT2D eigenvalue weighted by Crippen LogP contribution is 2.21. The van der Waals surface area contributed by atoms with E-state index in [1.54, 1.807) is 0 Å². The van der Waals surface area contributed by atoms with Gasteiger partial charge in [0.1, 0.15) is 5.82 Å². The van der Waals surface area contributed by atoms with Gasteiger partial charge < -0.3 is 10.2 Å². The minimum atomic E-state index is 0.545. The summed E-state index contributed by atoms with van der Waals surface area (Å²) in [4.78, 5) is 11.6. The number of hydrogen-bond acceptors (Lipinski definition) is 4. The van der Waals surface area contributed by atoms with Crippen molar-refractivity contribution in [1.29, 1.82) is 0 Å². The lowest BCUT2D eigenvalue weighted by molar-refractivity contribution is 0.720. The minimum Gasteiger partial charge on any atom is -0.341 e. The molecule has 0 saturated carbocycles. The van der Waals surface area contributed by atoms with E-state index in [4.69, 9.17) is 4.98 Å². The van der Waals surface area contributed by atoms with Gasteiger partial charge in [0.15, 0.2) is 0 Å². The summed E-state index contributed by atoms with van der Waals surface area (Å²) in [5.74, 6) is 2.22. The molecule has 0 spiro atoms. The van der Waals surface area contributed by atoms with Crippen molar-refractivity contribution in [3.8, 4) is 0 Å². The van der Waals surface area contributed by atoms with Crippen LogP contribution in [0, 0.1) is 6.92 Å². The molecule has 0 fully saturated rings. The van der Waals surface area contributed by atoms with Gasteiger partial charge in [0.2, 0.25) is 5.95 Å². The maximum absolute atomic E-state index is 4.73. The van der Waals surface area contributed by atoms with Crippen LogP contribution in [-0.2, 0) is 0 Å². The van der Waals surface area contributed by atoms with Crippen molar-refractivity contribution in [3.63, 3.8) is 0 Å². The van der Waals surface area contributed by atoms with E-state index in [1.165, 1.54) is 5.56 Å². The molecule has 1 N–H and O–H groups in total. The molecule has 4 heteroatoms. The summed E-state index contributed by atoms with van der Waals surface area (Å²) in [6, 6.07) is 10.6. The first kappa shape index (κ1) is 18.2. The Morgan fingerprint density at radius 1 is 1.00 bits per heavy atom. The van der Waals surface area contributed by atoms with Crippen LogP contribution in [0.4, 0.5) is 17.5 Å². The van der Waals surface area contributed by atoms with Gasteiger partial charge in [-0.2, -0.15) is 4.98 Å². The smallest absolute Gasteiger partial charge is 0.227 e. The molecule has 1 aromatic carbocycles. The van der Waals surface area contributed by atoms with Gasteiger partial charge in [-0.15, -0.1) is 0 Å². The second-order valence-electron chi connectivity index (χ2n) is 6.58. The Bertz CT molecular complexity index is 629. The van der Waals surface area contributed by atoms with Crippen LogP contribution in [-0.4, -0.2) is 23.1 Å². The van der Waals surface area contributed by atoms with Crippen molar-refractivity contribution in [2.45, 2.75) is 53.4 Å². The normalized spacial score (nSPS) is 10.9. The Kier molecular flexibility index (Phi) is 6.59. The highest BCUT2D eigenvalue weighted by Gasteiger charge is 2.10. The second kappa shape index (κ2) is 8.67. The molecule has 1 heterocycles. The van der Waals surface area contributed by atoms with Gasteiger partial charge in [0, 0.05) is 30.5 Å². The van der Waals surface area contributed by atoms with Gasteiger partial charge in [0.25, 0.3) is 0 Å². The molecule has 24 heavy (non-hydrogen) atoms. The molecule has 0 amide bonds. The fraction of sp³-hybridized carbons (Fsp3) is 0.500. The maximum Gasteiger partial charge on any atom is 0.227 e. The summed E-state index contributed by atoms with van der Waals surface area (Å²) in [6.45, 7) is 12.8. The molecule has 0 aliphatic rings. The molecule has 4 nitrogen and oxygen atoms in total. The zero-order valence-electron chi connectivity index (χ0n) is 15.6. The van der Waals surface area contributed by atoms with Crippen LogP contribution in [0.5, 0.6) is 0 Å². The summed E-state index contributed by atoms with van der Waals surface area (Å²) in [5, 5.41) is 3.41. The molecule has 0 unspecified atom stereocenters. The van der Waals surface area contributed by atoms with E-state index in [2.05, 4.69) is 67.2 Å². The Hall–Kier alpha value is -2.10. The average Bonchev–Trinajstić information content (AvgIpc) is 2.54. The molecular weight excluding hydrogens is 296 g/mol. The van der Waals surface area contributed by atoms with Crippen LogP contribution in [0.25, 0.3) is 0 Å². The Balaban J connectivity index is 2.20. The summed E-state index contributed by atoms with van der Waals surface area (Å²) in [7, 11) is 0. The molecule has 0 saturated heterocycles. The third-order valence-electron chi connectivity index (χ3n) is 3.96. The first-order chi connectivity index (χ1) is 11.5. The van der Waals surface area contributed by atoms with Crippen LogP contribution in [0.15, 0.2) is 30.3 Å². The van der Waals surface area contributed by atoms with Gasteiger partial charge in [-0.05, 0) is 43.4 Å². The first-order valence-electron chi connectivity index (χ1n) is 9.01. The standard InChI is InChI=1S/C20H30N4/c1-6-12-24(13-7-2)20-21-16(5)14-19(23-20)22-18-10-8-17(9-11-18)15(3)4/h8-11,14-15H,6-7,12-13H2,1-5H3,(H,21,22,23). The van der Waals surface area contributed by atoms with Crippen molar-refractivity contribution in [3.05, 3.63) is 41.6 Å². The van der Waals surface area contributed by atoms with Crippen molar-refractivity contribution < 1.29 is 0 Å². The quantitative estimate of drug-likeness (QED) is 0.716. The number of rotatable bonds is 8. The summed E-state index contributed by atoms with van der Waals surface area (Å²) in [5.41, 5.74) is 3.39. The molecule has 130 valence electrons. The maximum atomic E-state index is 4.73. The summed E-state index contributed by atoms with van der Waals surface area (Å²) >= 11 is 0. The molecular formula is C20H30N4. The van der Waals surface area contributed by atoms with E-state index in [1.807, 2.05) is 13.0 Å². The fourth-order valence-corrected chi connectivity index (χ4v) is 2.71. The monoisotopic (exact) mass is 326 g/mol. The van der Waals surface area contributed by atoms with E-state index in [0.29, 0.717) is 5.92 Å². The highest BCUT2D eigenvalue weighted by molar-refractivity contribution is 5.58. The Labute approximate surface area is 146 Å². The molecule has 0 aliphatic heterocycles. The number of hydrogen-bond donors (Lipinski definition) is 1. The predicted octanol–water partition coefficient (Wildman–Crippen LogP) is 5.28.